The van der Waals surface area contributed by atoms with Gasteiger partial charge in [-0.05, 0) is 85.2 Å². The Morgan fingerprint density at radius 3 is 2.29 bits per heavy atom. The van der Waals surface area contributed by atoms with Gasteiger partial charge in [0.25, 0.3) is 0 Å². The largest absolute Gasteiger partial charge is 0.348 e. The van der Waals surface area contributed by atoms with Gasteiger partial charge in [-0.3, -0.25) is 0 Å². The first-order chi connectivity index (χ1) is 15.1. The minimum atomic E-state index is 0.694. The molecule has 2 aromatic carbocycles. The molecule has 0 saturated carbocycles. The Kier molecular flexibility index (Phi) is 6.23. The summed E-state index contributed by atoms with van der Waals surface area (Å²) in [6, 6.07) is 21.4. The van der Waals surface area contributed by atoms with Crippen molar-refractivity contribution < 1.29 is 0 Å². The summed E-state index contributed by atoms with van der Waals surface area (Å²) in [6.45, 7) is 7.69. The van der Waals surface area contributed by atoms with Crippen LogP contribution in [0.25, 0.3) is 17.2 Å². The lowest BCUT2D eigenvalue weighted by Crippen LogP contribution is -2.05. The summed E-state index contributed by atoms with van der Waals surface area (Å²) in [7, 11) is 0. The predicted octanol–water partition coefficient (Wildman–Crippen LogP) is 7.43. The molecule has 0 unspecified atom stereocenters. The summed E-state index contributed by atoms with van der Waals surface area (Å²) in [5, 5.41) is 9.26. The highest BCUT2D eigenvalue weighted by atomic mass is 15.0. The molecule has 2 heteroatoms. The molecule has 0 saturated heterocycles. The Balaban J connectivity index is 1.93. The zero-order valence-electron chi connectivity index (χ0n) is 18.8. The summed E-state index contributed by atoms with van der Waals surface area (Å²) in [6.07, 6.45) is 9.10. The molecule has 0 amide bonds. The van der Waals surface area contributed by atoms with Crippen LogP contribution in [0.1, 0.15) is 66.6 Å². The van der Waals surface area contributed by atoms with Crippen LogP contribution in [0, 0.1) is 18.3 Å². The van der Waals surface area contributed by atoms with Crippen molar-refractivity contribution in [1.82, 2.24) is 4.57 Å². The van der Waals surface area contributed by atoms with Gasteiger partial charge in [0.2, 0.25) is 0 Å². The van der Waals surface area contributed by atoms with Crippen LogP contribution in [-0.2, 0) is 13.0 Å². The van der Waals surface area contributed by atoms with E-state index in [4.69, 9.17) is 0 Å². The molecule has 0 fully saturated rings. The number of aryl methyl sites for hydroxylation is 3. The maximum atomic E-state index is 9.26. The number of fused-ring (bicyclic) bond motifs is 1. The first-order valence-electron chi connectivity index (χ1n) is 11.3. The van der Waals surface area contributed by atoms with E-state index in [0.717, 1.165) is 24.9 Å². The molecule has 1 aliphatic carbocycles. The number of unbranched alkanes of at least 4 members (excludes halogenated alkanes) is 1. The Bertz CT molecular complexity index is 1160. The first kappa shape index (κ1) is 20.9. The number of hydrogen-bond acceptors (Lipinski definition) is 1. The minimum Gasteiger partial charge on any atom is -0.348 e. The topological polar surface area (TPSA) is 28.7 Å². The smallest absolute Gasteiger partial charge is 0.0991 e. The Morgan fingerprint density at radius 2 is 1.61 bits per heavy atom. The van der Waals surface area contributed by atoms with E-state index in [9.17, 15) is 5.26 Å². The van der Waals surface area contributed by atoms with Crippen molar-refractivity contribution in [1.29, 1.82) is 5.26 Å². The SMILES string of the molecule is CCCCn1ccc2c1/C=C(c1ccc(C#N)cc1)\C(c1ccc(C)cc1)=C(\C)CC2. The molecule has 0 bridgehead atoms. The number of hydrogen-bond donors (Lipinski definition) is 0. The van der Waals surface area contributed by atoms with Crippen LogP contribution in [0.5, 0.6) is 0 Å². The summed E-state index contributed by atoms with van der Waals surface area (Å²) in [5.74, 6) is 0. The molecule has 0 atom stereocenters. The number of benzene rings is 2. The fourth-order valence-corrected chi connectivity index (χ4v) is 4.40. The lowest BCUT2D eigenvalue weighted by atomic mass is 9.84. The van der Waals surface area contributed by atoms with Crippen molar-refractivity contribution in [3.8, 4) is 6.07 Å². The zero-order valence-corrected chi connectivity index (χ0v) is 18.8. The third-order valence-corrected chi connectivity index (χ3v) is 6.26. The number of nitrogens with zero attached hydrogens (tertiary/aromatic N) is 2. The Labute approximate surface area is 186 Å². The second-order valence-electron chi connectivity index (χ2n) is 8.54. The van der Waals surface area contributed by atoms with Crippen molar-refractivity contribution >= 4 is 17.2 Å². The lowest BCUT2D eigenvalue weighted by Gasteiger charge is -2.21. The normalized spacial score (nSPS) is 17.8. The van der Waals surface area contributed by atoms with E-state index in [0.29, 0.717) is 5.56 Å². The molecule has 3 aromatic rings. The second kappa shape index (κ2) is 9.23. The third kappa shape index (κ3) is 4.42. The van der Waals surface area contributed by atoms with Gasteiger partial charge in [-0.15, -0.1) is 0 Å². The number of allylic oxidation sites excluding steroid dienone is 3. The van der Waals surface area contributed by atoms with Gasteiger partial charge in [-0.1, -0.05) is 60.9 Å². The van der Waals surface area contributed by atoms with Crippen LogP contribution < -0.4 is 0 Å². The highest BCUT2D eigenvalue weighted by Crippen LogP contribution is 2.39. The van der Waals surface area contributed by atoms with E-state index < -0.39 is 0 Å². The standard InChI is InChI=1S/C29H30N2/c1-4-5-17-31-18-16-25-13-8-22(3)29(26-11-6-21(2)7-12-26)27(19-28(25)31)24-14-9-23(20-30)10-15-24/h6-7,9-12,14-16,18-19H,4-5,8,13,17H2,1-3H3/b27-19-,29-22-. The fraction of sp³-hybridized carbons (Fsp3) is 0.276. The van der Waals surface area contributed by atoms with Gasteiger partial charge in [0, 0.05) is 18.4 Å². The van der Waals surface area contributed by atoms with Gasteiger partial charge in [-0.2, -0.15) is 5.26 Å². The maximum Gasteiger partial charge on any atom is 0.0991 e. The number of rotatable bonds is 5. The minimum absolute atomic E-state index is 0.694. The maximum absolute atomic E-state index is 9.26. The summed E-state index contributed by atoms with van der Waals surface area (Å²) in [5.41, 5.74) is 11.1. The van der Waals surface area contributed by atoms with Crippen molar-refractivity contribution in [2.24, 2.45) is 0 Å². The van der Waals surface area contributed by atoms with E-state index >= 15 is 0 Å². The molecular formula is C29H30N2. The molecule has 2 nitrogen and oxygen atoms in total. The van der Waals surface area contributed by atoms with Gasteiger partial charge in [0.05, 0.1) is 11.6 Å². The monoisotopic (exact) mass is 406 g/mol. The van der Waals surface area contributed by atoms with Crippen LogP contribution >= 0.6 is 0 Å². The molecular weight excluding hydrogens is 376 g/mol. The van der Waals surface area contributed by atoms with Gasteiger partial charge in [0.1, 0.15) is 0 Å². The number of nitriles is 1. The van der Waals surface area contributed by atoms with Crippen molar-refractivity contribution in [2.75, 3.05) is 0 Å². The molecule has 1 aliphatic rings. The second-order valence-corrected chi connectivity index (χ2v) is 8.54. The average molecular weight is 407 g/mol. The van der Waals surface area contributed by atoms with E-state index in [2.05, 4.69) is 86.1 Å². The zero-order chi connectivity index (χ0) is 21.8. The van der Waals surface area contributed by atoms with Crippen molar-refractivity contribution in [2.45, 2.75) is 53.0 Å². The summed E-state index contributed by atoms with van der Waals surface area (Å²) < 4.78 is 2.41. The third-order valence-electron chi connectivity index (χ3n) is 6.26. The van der Waals surface area contributed by atoms with Gasteiger partial charge < -0.3 is 4.57 Å². The molecule has 0 N–H and O–H groups in total. The van der Waals surface area contributed by atoms with Crippen LogP contribution in [0.15, 0.2) is 66.4 Å². The van der Waals surface area contributed by atoms with E-state index in [-0.39, 0.29) is 0 Å². The van der Waals surface area contributed by atoms with Crippen LogP contribution in [0.2, 0.25) is 0 Å². The average Bonchev–Trinajstić information content (AvgIpc) is 3.16. The molecule has 31 heavy (non-hydrogen) atoms. The predicted molar refractivity (Wildman–Crippen MR) is 130 cm³/mol. The first-order valence-corrected chi connectivity index (χ1v) is 11.3. The van der Waals surface area contributed by atoms with E-state index in [1.54, 1.807) is 0 Å². The van der Waals surface area contributed by atoms with Gasteiger partial charge in [-0.25, -0.2) is 0 Å². The quantitative estimate of drug-likeness (QED) is 0.433. The number of aromatic nitrogens is 1. The van der Waals surface area contributed by atoms with Crippen LogP contribution in [0.3, 0.4) is 0 Å². The molecule has 1 heterocycles. The Hall–Kier alpha value is -3.31. The molecule has 0 spiro atoms. The summed E-state index contributed by atoms with van der Waals surface area (Å²) >= 11 is 0. The van der Waals surface area contributed by atoms with Gasteiger partial charge in [0.15, 0.2) is 0 Å². The molecule has 156 valence electrons. The Morgan fingerprint density at radius 1 is 0.903 bits per heavy atom. The fourth-order valence-electron chi connectivity index (χ4n) is 4.40. The molecule has 0 radical (unpaired) electrons. The highest BCUT2D eigenvalue weighted by molar-refractivity contribution is 6.12. The lowest BCUT2D eigenvalue weighted by molar-refractivity contribution is 0.629. The van der Waals surface area contributed by atoms with Crippen LogP contribution in [-0.4, -0.2) is 4.57 Å². The highest BCUT2D eigenvalue weighted by Gasteiger charge is 2.19. The molecule has 1 aromatic heterocycles. The summed E-state index contributed by atoms with van der Waals surface area (Å²) in [4.78, 5) is 0. The molecule has 4 rings (SSSR count). The molecule has 0 aliphatic heterocycles. The van der Waals surface area contributed by atoms with Crippen LogP contribution in [0.4, 0.5) is 0 Å². The van der Waals surface area contributed by atoms with E-state index in [1.165, 1.54) is 51.9 Å². The van der Waals surface area contributed by atoms with Gasteiger partial charge >= 0.3 is 0 Å². The van der Waals surface area contributed by atoms with Crippen molar-refractivity contribution in [3.63, 3.8) is 0 Å². The van der Waals surface area contributed by atoms with Crippen molar-refractivity contribution in [3.05, 3.63) is 99.9 Å². The van der Waals surface area contributed by atoms with E-state index in [1.807, 2.05) is 12.1 Å².